The summed E-state index contributed by atoms with van der Waals surface area (Å²) in [4.78, 5) is 29.0. The van der Waals surface area contributed by atoms with E-state index in [0.717, 1.165) is 49.8 Å². The smallest absolute Gasteiger partial charge is 0.238 e. The van der Waals surface area contributed by atoms with Crippen molar-refractivity contribution in [3.8, 4) is 0 Å². The van der Waals surface area contributed by atoms with Crippen LogP contribution < -0.4 is 5.32 Å². The van der Waals surface area contributed by atoms with Gasteiger partial charge in [0.1, 0.15) is 0 Å². The number of carbonyl (C=O) groups is 2. The summed E-state index contributed by atoms with van der Waals surface area (Å²) in [7, 11) is 0. The van der Waals surface area contributed by atoms with E-state index in [9.17, 15) is 9.59 Å². The molecular formula is C23H35N3O2. The fourth-order valence-electron chi connectivity index (χ4n) is 4.40. The Bertz CT molecular complexity index is 674. The Morgan fingerprint density at radius 3 is 2.46 bits per heavy atom. The molecule has 0 radical (unpaired) electrons. The zero-order chi connectivity index (χ0) is 19.9. The van der Waals surface area contributed by atoms with Crippen LogP contribution >= 0.6 is 0 Å². The van der Waals surface area contributed by atoms with Crippen molar-refractivity contribution in [1.82, 2.24) is 9.80 Å². The average Bonchev–Trinajstić information content (AvgIpc) is 2.71. The van der Waals surface area contributed by atoms with Gasteiger partial charge in [0.15, 0.2) is 0 Å². The van der Waals surface area contributed by atoms with Gasteiger partial charge in [-0.1, -0.05) is 44.2 Å². The molecule has 0 aromatic heterocycles. The van der Waals surface area contributed by atoms with E-state index < -0.39 is 0 Å². The molecule has 1 N–H and O–H groups in total. The SMILES string of the molecule is Cc1cccc(NC(=O)CN2CCN(C(=O)CCC3CCCCC3)CC2)c1C. The van der Waals surface area contributed by atoms with Crippen LogP contribution in [-0.4, -0.2) is 54.3 Å². The van der Waals surface area contributed by atoms with Crippen LogP contribution in [0.15, 0.2) is 18.2 Å². The van der Waals surface area contributed by atoms with E-state index in [0.29, 0.717) is 18.9 Å². The molecule has 5 nitrogen and oxygen atoms in total. The van der Waals surface area contributed by atoms with Gasteiger partial charge in [0.25, 0.3) is 0 Å². The first-order valence-electron chi connectivity index (χ1n) is 10.9. The maximum atomic E-state index is 12.5. The Hall–Kier alpha value is -1.88. The molecule has 0 bridgehead atoms. The molecule has 0 atom stereocenters. The molecule has 1 aliphatic heterocycles. The number of anilines is 1. The highest BCUT2D eigenvalue weighted by Gasteiger charge is 2.23. The van der Waals surface area contributed by atoms with Gasteiger partial charge in [0, 0.05) is 38.3 Å². The first kappa shape index (κ1) is 20.8. The molecule has 28 heavy (non-hydrogen) atoms. The van der Waals surface area contributed by atoms with Gasteiger partial charge in [-0.3, -0.25) is 14.5 Å². The number of nitrogens with one attached hydrogen (secondary N) is 1. The number of aryl methyl sites for hydroxylation is 1. The molecular weight excluding hydrogens is 350 g/mol. The standard InChI is InChI=1S/C23H35N3O2/c1-18-7-6-10-21(19(18)2)24-22(27)17-25-13-15-26(16-14-25)23(28)12-11-20-8-4-3-5-9-20/h6-7,10,20H,3-5,8-9,11-17H2,1-2H3,(H,24,27). The van der Waals surface area contributed by atoms with E-state index in [1.165, 1.54) is 37.7 Å². The monoisotopic (exact) mass is 385 g/mol. The summed E-state index contributed by atoms with van der Waals surface area (Å²) in [6, 6.07) is 5.97. The van der Waals surface area contributed by atoms with Crippen LogP contribution in [0.2, 0.25) is 0 Å². The summed E-state index contributed by atoms with van der Waals surface area (Å²) in [5, 5.41) is 3.03. The number of hydrogen-bond donors (Lipinski definition) is 1. The first-order valence-corrected chi connectivity index (χ1v) is 10.9. The van der Waals surface area contributed by atoms with Gasteiger partial charge in [-0.2, -0.15) is 0 Å². The predicted octanol–water partition coefficient (Wildman–Crippen LogP) is 3.75. The molecule has 1 saturated carbocycles. The molecule has 1 saturated heterocycles. The molecule has 0 unspecified atom stereocenters. The van der Waals surface area contributed by atoms with E-state index in [4.69, 9.17) is 0 Å². The number of rotatable bonds is 6. The summed E-state index contributed by atoms with van der Waals surface area (Å²) in [5.74, 6) is 1.07. The van der Waals surface area contributed by atoms with E-state index in [1.807, 2.05) is 24.0 Å². The highest BCUT2D eigenvalue weighted by molar-refractivity contribution is 5.93. The minimum Gasteiger partial charge on any atom is -0.340 e. The van der Waals surface area contributed by atoms with Crippen molar-refractivity contribution >= 4 is 17.5 Å². The molecule has 154 valence electrons. The molecule has 1 heterocycles. The van der Waals surface area contributed by atoms with Crippen molar-refractivity contribution in [2.24, 2.45) is 5.92 Å². The maximum absolute atomic E-state index is 12.5. The second-order valence-corrected chi connectivity index (χ2v) is 8.50. The lowest BCUT2D eigenvalue weighted by Gasteiger charge is -2.34. The number of amides is 2. The van der Waals surface area contributed by atoms with Crippen LogP contribution in [0, 0.1) is 19.8 Å². The van der Waals surface area contributed by atoms with Gasteiger partial charge in [-0.15, -0.1) is 0 Å². The lowest BCUT2D eigenvalue weighted by molar-refractivity contribution is -0.133. The number of nitrogens with zero attached hydrogens (tertiary/aromatic N) is 2. The fourth-order valence-corrected chi connectivity index (χ4v) is 4.40. The molecule has 1 aliphatic carbocycles. The van der Waals surface area contributed by atoms with E-state index in [-0.39, 0.29) is 5.91 Å². The molecule has 5 heteroatoms. The quantitative estimate of drug-likeness (QED) is 0.811. The summed E-state index contributed by atoms with van der Waals surface area (Å²) in [6.45, 7) is 7.49. The third kappa shape index (κ3) is 5.81. The van der Waals surface area contributed by atoms with Gasteiger partial charge in [-0.25, -0.2) is 0 Å². The van der Waals surface area contributed by atoms with Gasteiger partial charge < -0.3 is 10.2 Å². The summed E-state index contributed by atoms with van der Waals surface area (Å²) in [5.41, 5.74) is 3.18. The van der Waals surface area contributed by atoms with Crippen LogP contribution in [-0.2, 0) is 9.59 Å². The molecule has 1 aromatic rings. The zero-order valence-corrected chi connectivity index (χ0v) is 17.5. The Balaban J connectivity index is 1.38. The predicted molar refractivity (Wildman–Crippen MR) is 113 cm³/mol. The summed E-state index contributed by atoms with van der Waals surface area (Å²) in [6.07, 6.45) is 8.38. The second-order valence-electron chi connectivity index (χ2n) is 8.50. The fraction of sp³-hybridized carbons (Fsp3) is 0.652. The third-order valence-corrected chi connectivity index (χ3v) is 6.46. The third-order valence-electron chi connectivity index (χ3n) is 6.46. The summed E-state index contributed by atoms with van der Waals surface area (Å²) >= 11 is 0. The van der Waals surface area contributed by atoms with Crippen molar-refractivity contribution < 1.29 is 9.59 Å². The maximum Gasteiger partial charge on any atom is 0.238 e. The minimum absolute atomic E-state index is 0.0192. The topological polar surface area (TPSA) is 52.7 Å². The molecule has 3 rings (SSSR count). The van der Waals surface area contributed by atoms with Crippen molar-refractivity contribution in [3.05, 3.63) is 29.3 Å². The second kappa shape index (κ2) is 10.1. The molecule has 2 aliphatic rings. The lowest BCUT2D eigenvalue weighted by Crippen LogP contribution is -2.50. The van der Waals surface area contributed by atoms with Crippen molar-refractivity contribution in [2.75, 3.05) is 38.0 Å². The van der Waals surface area contributed by atoms with E-state index in [2.05, 4.69) is 23.2 Å². The largest absolute Gasteiger partial charge is 0.340 e. The molecule has 2 amide bonds. The number of benzene rings is 1. The highest BCUT2D eigenvalue weighted by Crippen LogP contribution is 2.27. The van der Waals surface area contributed by atoms with Crippen LogP contribution in [0.5, 0.6) is 0 Å². The Labute approximate surface area is 169 Å². The zero-order valence-electron chi connectivity index (χ0n) is 17.5. The highest BCUT2D eigenvalue weighted by atomic mass is 16.2. The Kier molecular flexibility index (Phi) is 7.49. The van der Waals surface area contributed by atoms with Crippen LogP contribution in [0.1, 0.15) is 56.1 Å². The molecule has 2 fully saturated rings. The normalized spacial score (nSPS) is 18.9. The summed E-state index contributed by atoms with van der Waals surface area (Å²) < 4.78 is 0. The van der Waals surface area contributed by atoms with Gasteiger partial charge in [-0.05, 0) is 43.4 Å². The van der Waals surface area contributed by atoms with Gasteiger partial charge >= 0.3 is 0 Å². The Morgan fingerprint density at radius 2 is 1.75 bits per heavy atom. The van der Waals surface area contributed by atoms with Gasteiger partial charge in [0.05, 0.1) is 6.54 Å². The number of hydrogen-bond acceptors (Lipinski definition) is 3. The average molecular weight is 386 g/mol. The van der Waals surface area contributed by atoms with E-state index >= 15 is 0 Å². The lowest BCUT2D eigenvalue weighted by atomic mass is 9.86. The van der Waals surface area contributed by atoms with Crippen LogP contribution in [0.25, 0.3) is 0 Å². The van der Waals surface area contributed by atoms with E-state index in [1.54, 1.807) is 0 Å². The number of carbonyl (C=O) groups excluding carboxylic acids is 2. The minimum atomic E-state index is 0.0192. The van der Waals surface area contributed by atoms with Crippen molar-refractivity contribution in [1.29, 1.82) is 0 Å². The van der Waals surface area contributed by atoms with Crippen LogP contribution in [0.3, 0.4) is 0 Å². The first-order chi connectivity index (χ1) is 13.5. The van der Waals surface area contributed by atoms with Crippen molar-refractivity contribution in [3.63, 3.8) is 0 Å². The van der Waals surface area contributed by atoms with Crippen molar-refractivity contribution in [2.45, 2.75) is 58.8 Å². The van der Waals surface area contributed by atoms with Crippen LogP contribution in [0.4, 0.5) is 5.69 Å². The van der Waals surface area contributed by atoms with Gasteiger partial charge in [0.2, 0.25) is 11.8 Å². The molecule has 0 spiro atoms. The molecule has 1 aromatic carbocycles. The number of piperazine rings is 1. The Morgan fingerprint density at radius 1 is 1.04 bits per heavy atom.